The van der Waals surface area contributed by atoms with Gasteiger partial charge in [-0.2, -0.15) is 0 Å². The highest BCUT2D eigenvalue weighted by Gasteiger charge is 2.50. The summed E-state index contributed by atoms with van der Waals surface area (Å²) in [5.41, 5.74) is 2.66. The van der Waals surface area contributed by atoms with E-state index in [2.05, 4.69) is 66.4 Å². The minimum Gasteiger partial charge on any atom is -0.381 e. The third-order valence-electron chi connectivity index (χ3n) is 7.29. The van der Waals surface area contributed by atoms with Crippen LogP contribution in [0.25, 0.3) is 0 Å². The molecule has 0 aromatic heterocycles. The molecule has 3 atom stereocenters. The summed E-state index contributed by atoms with van der Waals surface area (Å²) in [6, 6.07) is 31.3. The van der Waals surface area contributed by atoms with Gasteiger partial charge in [-0.05, 0) is 30.0 Å². The van der Waals surface area contributed by atoms with Crippen LogP contribution in [-0.4, -0.2) is 36.6 Å². The summed E-state index contributed by atoms with van der Waals surface area (Å²) >= 11 is 0. The zero-order valence-corrected chi connectivity index (χ0v) is 18.0. The van der Waals surface area contributed by atoms with E-state index < -0.39 is 5.41 Å². The van der Waals surface area contributed by atoms with Crippen molar-refractivity contribution in [3.63, 3.8) is 0 Å². The Morgan fingerprint density at radius 1 is 0.871 bits per heavy atom. The molecule has 0 radical (unpaired) electrons. The van der Waals surface area contributed by atoms with E-state index >= 15 is 0 Å². The first-order chi connectivity index (χ1) is 15.2. The number of carbonyl (C=O) groups excluding carboxylic acids is 1. The second kappa shape index (κ2) is 8.32. The number of benzene rings is 3. The number of hydrogen-bond acceptors (Lipinski definition) is 2. The van der Waals surface area contributed by atoms with Gasteiger partial charge in [-0.25, -0.2) is 0 Å². The Morgan fingerprint density at radius 2 is 1.42 bits per heavy atom. The number of amides is 1. The molecule has 3 nitrogen and oxygen atoms in total. The van der Waals surface area contributed by atoms with Crippen molar-refractivity contribution in [3.05, 3.63) is 108 Å². The Bertz CT molecular complexity index is 979. The van der Waals surface area contributed by atoms with Crippen molar-refractivity contribution in [3.8, 4) is 0 Å². The predicted octanol–water partition coefficient (Wildman–Crippen LogP) is 5.02. The summed E-state index contributed by atoms with van der Waals surface area (Å²) in [6.45, 7) is 4.28. The molecule has 31 heavy (non-hydrogen) atoms. The van der Waals surface area contributed by atoms with E-state index in [4.69, 9.17) is 4.74 Å². The summed E-state index contributed by atoms with van der Waals surface area (Å²) in [5.74, 6) is 0.849. The summed E-state index contributed by atoms with van der Waals surface area (Å²) in [7, 11) is 0. The Kier molecular flexibility index (Phi) is 5.37. The molecule has 3 heteroatoms. The van der Waals surface area contributed by atoms with E-state index in [0.29, 0.717) is 11.8 Å². The van der Waals surface area contributed by atoms with Crippen molar-refractivity contribution >= 4 is 5.91 Å². The van der Waals surface area contributed by atoms with Gasteiger partial charge in [0.2, 0.25) is 5.91 Å². The lowest BCUT2D eigenvalue weighted by atomic mass is 9.74. The molecule has 2 saturated heterocycles. The number of nitrogens with zero attached hydrogens (tertiary/aromatic N) is 1. The molecule has 0 unspecified atom stereocenters. The van der Waals surface area contributed by atoms with Gasteiger partial charge in [-0.1, -0.05) is 91.0 Å². The zero-order valence-electron chi connectivity index (χ0n) is 18.0. The van der Waals surface area contributed by atoms with Gasteiger partial charge < -0.3 is 9.64 Å². The fourth-order valence-electron chi connectivity index (χ4n) is 5.53. The van der Waals surface area contributed by atoms with E-state index in [1.54, 1.807) is 0 Å². The molecule has 2 aliphatic rings. The van der Waals surface area contributed by atoms with Gasteiger partial charge in [0.05, 0.1) is 12.0 Å². The maximum absolute atomic E-state index is 14.4. The molecule has 2 heterocycles. The van der Waals surface area contributed by atoms with Gasteiger partial charge in [0.1, 0.15) is 0 Å². The fourth-order valence-corrected chi connectivity index (χ4v) is 5.53. The van der Waals surface area contributed by atoms with Gasteiger partial charge in [-0.15, -0.1) is 0 Å². The fraction of sp³-hybridized carbons (Fsp3) is 0.321. The Balaban J connectivity index is 1.56. The van der Waals surface area contributed by atoms with Crippen LogP contribution in [0.4, 0.5) is 0 Å². The normalized spacial score (nSPS) is 23.4. The first kappa shape index (κ1) is 20.0. The van der Waals surface area contributed by atoms with Crippen LogP contribution in [0.5, 0.6) is 0 Å². The van der Waals surface area contributed by atoms with Gasteiger partial charge in [0, 0.05) is 31.0 Å². The van der Waals surface area contributed by atoms with Crippen molar-refractivity contribution in [1.29, 1.82) is 0 Å². The molecule has 2 aliphatic heterocycles. The summed E-state index contributed by atoms with van der Waals surface area (Å²) in [6.07, 6.45) is 0.902. The van der Waals surface area contributed by atoms with Crippen molar-refractivity contribution < 1.29 is 9.53 Å². The van der Waals surface area contributed by atoms with Crippen LogP contribution >= 0.6 is 0 Å². The summed E-state index contributed by atoms with van der Waals surface area (Å²) in [4.78, 5) is 16.6. The van der Waals surface area contributed by atoms with Gasteiger partial charge in [-0.3, -0.25) is 4.79 Å². The van der Waals surface area contributed by atoms with Gasteiger partial charge in [0.25, 0.3) is 0 Å². The Morgan fingerprint density at radius 3 is 2.00 bits per heavy atom. The topological polar surface area (TPSA) is 29.5 Å². The van der Waals surface area contributed by atoms with Gasteiger partial charge >= 0.3 is 0 Å². The van der Waals surface area contributed by atoms with Crippen molar-refractivity contribution in [2.24, 2.45) is 5.92 Å². The maximum Gasteiger partial charge on any atom is 0.237 e. The number of rotatable bonds is 4. The van der Waals surface area contributed by atoms with Crippen molar-refractivity contribution in [1.82, 2.24) is 4.90 Å². The number of likely N-dealkylation sites (tertiary alicyclic amines) is 1. The lowest BCUT2D eigenvalue weighted by molar-refractivity contribution is -0.138. The first-order valence-electron chi connectivity index (χ1n) is 11.2. The SMILES string of the molecule is CC(C(=O)N1C[C@H](c2ccccc2)[C@H]2COCC[C@H]21)(c1ccccc1)c1ccccc1. The van der Waals surface area contributed by atoms with Crippen LogP contribution in [0.1, 0.15) is 36.0 Å². The summed E-state index contributed by atoms with van der Waals surface area (Å²) in [5, 5.41) is 0. The molecule has 3 aromatic carbocycles. The minimum atomic E-state index is -0.725. The lowest BCUT2D eigenvalue weighted by Crippen LogP contribution is -2.50. The highest BCUT2D eigenvalue weighted by molar-refractivity contribution is 5.92. The number of hydrogen-bond donors (Lipinski definition) is 0. The number of carbonyl (C=O) groups is 1. The molecule has 5 rings (SSSR count). The molecule has 0 saturated carbocycles. The quantitative estimate of drug-likeness (QED) is 0.603. The van der Waals surface area contributed by atoms with E-state index in [9.17, 15) is 4.79 Å². The van der Waals surface area contributed by atoms with Crippen LogP contribution < -0.4 is 0 Å². The maximum atomic E-state index is 14.4. The molecule has 3 aromatic rings. The molecular formula is C28H29NO2. The van der Waals surface area contributed by atoms with E-state index in [1.807, 2.05) is 36.4 Å². The average molecular weight is 412 g/mol. The van der Waals surface area contributed by atoms with E-state index in [0.717, 1.165) is 37.3 Å². The standard InChI is InChI=1S/C28H29NO2/c1-28(22-13-7-3-8-14-22,23-15-9-4-10-16-23)27(30)29-19-24(21-11-5-2-6-12-21)25-20-31-18-17-26(25)29/h2-16,24-26H,17-20H2,1H3/t24-,25-,26-/m1/s1. The van der Waals surface area contributed by atoms with Gasteiger partial charge in [0.15, 0.2) is 0 Å². The first-order valence-corrected chi connectivity index (χ1v) is 11.2. The molecule has 0 N–H and O–H groups in total. The molecule has 2 fully saturated rings. The van der Waals surface area contributed by atoms with E-state index in [1.165, 1.54) is 5.56 Å². The van der Waals surface area contributed by atoms with Crippen LogP contribution in [0.3, 0.4) is 0 Å². The van der Waals surface area contributed by atoms with Crippen LogP contribution in [-0.2, 0) is 14.9 Å². The zero-order chi connectivity index (χ0) is 21.3. The largest absolute Gasteiger partial charge is 0.381 e. The van der Waals surface area contributed by atoms with Crippen LogP contribution in [0, 0.1) is 5.92 Å². The van der Waals surface area contributed by atoms with Crippen molar-refractivity contribution in [2.45, 2.75) is 30.7 Å². The molecule has 0 spiro atoms. The van der Waals surface area contributed by atoms with Crippen molar-refractivity contribution in [2.75, 3.05) is 19.8 Å². The van der Waals surface area contributed by atoms with E-state index in [-0.39, 0.29) is 11.9 Å². The molecule has 158 valence electrons. The monoisotopic (exact) mass is 411 g/mol. The molecule has 1 amide bonds. The van der Waals surface area contributed by atoms with Crippen LogP contribution in [0.15, 0.2) is 91.0 Å². The molecule has 0 bridgehead atoms. The molecule has 0 aliphatic carbocycles. The minimum absolute atomic E-state index is 0.195. The third kappa shape index (κ3) is 3.47. The highest BCUT2D eigenvalue weighted by Crippen LogP contribution is 2.44. The lowest BCUT2D eigenvalue weighted by Gasteiger charge is -2.38. The Labute approximate surface area is 184 Å². The average Bonchev–Trinajstić information content (AvgIpc) is 3.24. The molecular weight excluding hydrogens is 382 g/mol. The smallest absolute Gasteiger partial charge is 0.237 e. The number of ether oxygens (including phenoxy) is 1. The third-order valence-corrected chi connectivity index (χ3v) is 7.29. The van der Waals surface area contributed by atoms with Crippen LogP contribution in [0.2, 0.25) is 0 Å². The summed E-state index contributed by atoms with van der Waals surface area (Å²) < 4.78 is 5.88. The second-order valence-electron chi connectivity index (χ2n) is 8.93. The highest BCUT2D eigenvalue weighted by atomic mass is 16.5. The Hall–Kier alpha value is -2.91. The number of fused-ring (bicyclic) bond motifs is 1. The predicted molar refractivity (Wildman–Crippen MR) is 123 cm³/mol. The second-order valence-corrected chi connectivity index (χ2v) is 8.93.